The van der Waals surface area contributed by atoms with E-state index >= 15 is 0 Å². The van der Waals surface area contributed by atoms with Crippen LogP contribution in [0.1, 0.15) is 62.5 Å². The molecule has 18 heavy (non-hydrogen) atoms. The number of benzene rings is 1. The van der Waals surface area contributed by atoms with Gasteiger partial charge in [0.1, 0.15) is 0 Å². The van der Waals surface area contributed by atoms with Gasteiger partial charge in [-0.1, -0.05) is 56.0 Å². The molecule has 1 aliphatic rings. The van der Waals surface area contributed by atoms with Crippen molar-refractivity contribution in [1.82, 2.24) is 5.32 Å². The molecule has 1 heteroatoms. The molecule has 1 saturated carbocycles. The van der Waals surface area contributed by atoms with Crippen LogP contribution in [0.2, 0.25) is 0 Å². The van der Waals surface area contributed by atoms with Gasteiger partial charge in [-0.05, 0) is 44.2 Å². The zero-order valence-electron chi connectivity index (χ0n) is 11.9. The summed E-state index contributed by atoms with van der Waals surface area (Å²) in [7, 11) is 0. The van der Waals surface area contributed by atoms with E-state index in [1.807, 2.05) is 0 Å². The molecule has 1 aliphatic carbocycles. The molecule has 1 aromatic rings. The van der Waals surface area contributed by atoms with E-state index in [0.717, 1.165) is 12.5 Å². The lowest BCUT2D eigenvalue weighted by Crippen LogP contribution is -2.34. The van der Waals surface area contributed by atoms with E-state index in [0.29, 0.717) is 6.04 Å². The van der Waals surface area contributed by atoms with Gasteiger partial charge in [-0.2, -0.15) is 0 Å². The first-order valence-electron chi connectivity index (χ1n) is 7.61. The fourth-order valence-corrected chi connectivity index (χ4v) is 3.09. The molecule has 0 spiro atoms. The summed E-state index contributed by atoms with van der Waals surface area (Å²) in [5.74, 6) is 0.722. The molecule has 1 nitrogen and oxygen atoms in total. The van der Waals surface area contributed by atoms with Crippen LogP contribution in [0.4, 0.5) is 0 Å². The molecule has 0 aromatic heterocycles. The lowest BCUT2D eigenvalue weighted by Gasteiger charge is -2.27. The van der Waals surface area contributed by atoms with Crippen LogP contribution in [0.5, 0.6) is 0 Å². The maximum absolute atomic E-state index is 3.77. The first kappa shape index (κ1) is 13.6. The largest absolute Gasteiger partial charge is 0.313 e. The van der Waals surface area contributed by atoms with Crippen molar-refractivity contribution < 1.29 is 0 Å². The molecule has 100 valence electrons. The van der Waals surface area contributed by atoms with Crippen molar-refractivity contribution in [3.05, 3.63) is 35.4 Å². The molecule has 0 amide bonds. The molecule has 1 N–H and O–H groups in total. The zero-order valence-corrected chi connectivity index (χ0v) is 11.9. The summed E-state index contributed by atoms with van der Waals surface area (Å²) in [6, 6.07) is 9.89. The lowest BCUT2D eigenvalue weighted by molar-refractivity contribution is 0.411. The molecular weight excluding hydrogens is 218 g/mol. The van der Waals surface area contributed by atoms with Crippen molar-refractivity contribution in [3.8, 4) is 0 Å². The Bertz CT molecular complexity index is 341. The van der Waals surface area contributed by atoms with E-state index in [1.165, 1.54) is 49.7 Å². The van der Waals surface area contributed by atoms with Crippen LogP contribution >= 0.6 is 0 Å². The Morgan fingerprint density at radius 1 is 1.06 bits per heavy atom. The third-order valence-corrected chi connectivity index (χ3v) is 4.18. The standard InChI is InChI=1S/C17H27N/c1-3-13-18-17-8-6-4-5-7-16(17)15-11-9-14(2)10-12-15/h9-12,16-18H,3-8,13H2,1-2H3. The normalized spacial score (nSPS) is 24.8. The molecule has 2 atom stereocenters. The van der Waals surface area contributed by atoms with E-state index in [9.17, 15) is 0 Å². The third-order valence-electron chi connectivity index (χ3n) is 4.18. The number of hydrogen-bond acceptors (Lipinski definition) is 1. The van der Waals surface area contributed by atoms with Gasteiger partial charge in [-0.3, -0.25) is 0 Å². The monoisotopic (exact) mass is 245 g/mol. The second-order valence-corrected chi connectivity index (χ2v) is 5.72. The second kappa shape index (κ2) is 6.94. The van der Waals surface area contributed by atoms with E-state index in [1.54, 1.807) is 0 Å². The highest BCUT2D eigenvalue weighted by Crippen LogP contribution is 2.32. The highest BCUT2D eigenvalue weighted by Gasteiger charge is 2.24. The lowest BCUT2D eigenvalue weighted by atomic mass is 9.87. The van der Waals surface area contributed by atoms with Gasteiger partial charge < -0.3 is 5.32 Å². The van der Waals surface area contributed by atoms with Crippen molar-refractivity contribution in [3.63, 3.8) is 0 Å². The van der Waals surface area contributed by atoms with Crippen molar-refractivity contribution in [2.45, 2.75) is 64.3 Å². The Hall–Kier alpha value is -0.820. The Kier molecular flexibility index (Phi) is 5.25. The van der Waals surface area contributed by atoms with Gasteiger partial charge in [-0.25, -0.2) is 0 Å². The van der Waals surface area contributed by atoms with Crippen LogP contribution in [0.3, 0.4) is 0 Å². The van der Waals surface area contributed by atoms with Gasteiger partial charge in [0.15, 0.2) is 0 Å². The summed E-state index contributed by atoms with van der Waals surface area (Å²) in [4.78, 5) is 0. The molecule has 1 aromatic carbocycles. The summed E-state index contributed by atoms with van der Waals surface area (Å²) in [6.07, 6.45) is 8.12. The predicted octanol–water partition coefficient (Wildman–Crippen LogP) is 4.41. The van der Waals surface area contributed by atoms with Crippen LogP contribution in [0.15, 0.2) is 24.3 Å². The second-order valence-electron chi connectivity index (χ2n) is 5.72. The van der Waals surface area contributed by atoms with Gasteiger partial charge in [-0.15, -0.1) is 0 Å². The summed E-state index contributed by atoms with van der Waals surface area (Å²) in [5, 5.41) is 3.77. The maximum Gasteiger partial charge on any atom is 0.0136 e. The quantitative estimate of drug-likeness (QED) is 0.775. The maximum atomic E-state index is 3.77. The molecule has 2 rings (SSSR count). The minimum absolute atomic E-state index is 0.690. The topological polar surface area (TPSA) is 12.0 Å². The predicted molar refractivity (Wildman–Crippen MR) is 79.1 cm³/mol. The van der Waals surface area contributed by atoms with Gasteiger partial charge in [0, 0.05) is 6.04 Å². The van der Waals surface area contributed by atoms with Gasteiger partial charge in [0.05, 0.1) is 0 Å². The van der Waals surface area contributed by atoms with Gasteiger partial charge in [0.25, 0.3) is 0 Å². The fourth-order valence-electron chi connectivity index (χ4n) is 3.09. The minimum atomic E-state index is 0.690. The van der Waals surface area contributed by atoms with E-state index in [4.69, 9.17) is 0 Å². The average Bonchev–Trinajstić information content (AvgIpc) is 2.62. The molecule has 0 heterocycles. The number of aryl methyl sites for hydroxylation is 1. The average molecular weight is 245 g/mol. The van der Waals surface area contributed by atoms with Gasteiger partial charge in [0.2, 0.25) is 0 Å². The number of nitrogens with one attached hydrogen (secondary N) is 1. The van der Waals surface area contributed by atoms with Gasteiger partial charge >= 0.3 is 0 Å². The Labute approximate surface area is 112 Å². The minimum Gasteiger partial charge on any atom is -0.313 e. The molecule has 1 fully saturated rings. The van der Waals surface area contributed by atoms with E-state index in [-0.39, 0.29) is 0 Å². The van der Waals surface area contributed by atoms with E-state index in [2.05, 4.69) is 43.4 Å². The molecule has 0 radical (unpaired) electrons. The summed E-state index contributed by atoms with van der Waals surface area (Å²) in [5.41, 5.74) is 2.90. The summed E-state index contributed by atoms with van der Waals surface area (Å²) in [6.45, 7) is 5.58. The summed E-state index contributed by atoms with van der Waals surface area (Å²) < 4.78 is 0. The van der Waals surface area contributed by atoms with E-state index < -0.39 is 0 Å². The van der Waals surface area contributed by atoms with Crippen molar-refractivity contribution in [2.24, 2.45) is 0 Å². The Morgan fingerprint density at radius 2 is 1.78 bits per heavy atom. The molecule has 2 unspecified atom stereocenters. The highest BCUT2D eigenvalue weighted by atomic mass is 14.9. The first-order chi connectivity index (χ1) is 8.81. The number of rotatable bonds is 4. The van der Waals surface area contributed by atoms with Crippen LogP contribution in [-0.2, 0) is 0 Å². The third kappa shape index (κ3) is 3.58. The molecular formula is C17H27N. The molecule has 0 aliphatic heterocycles. The van der Waals surface area contributed by atoms with Crippen molar-refractivity contribution in [2.75, 3.05) is 6.54 Å². The fraction of sp³-hybridized carbons (Fsp3) is 0.647. The van der Waals surface area contributed by atoms with Crippen LogP contribution in [-0.4, -0.2) is 12.6 Å². The molecule has 0 bridgehead atoms. The SMILES string of the molecule is CCCNC1CCCCCC1c1ccc(C)cc1. The Balaban J connectivity index is 2.11. The van der Waals surface area contributed by atoms with Crippen molar-refractivity contribution in [1.29, 1.82) is 0 Å². The first-order valence-corrected chi connectivity index (χ1v) is 7.61. The highest BCUT2D eigenvalue weighted by molar-refractivity contribution is 5.26. The van der Waals surface area contributed by atoms with Crippen LogP contribution < -0.4 is 5.32 Å². The number of hydrogen-bond donors (Lipinski definition) is 1. The summed E-state index contributed by atoms with van der Waals surface area (Å²) >= 11 is 0. The van der Waals surface area contributed by atoms with Crippen LogP contribution in [0.25, 0.3) is 0 Å². The Morgan fingerprint density at radius 3 is 2.50 bits per heavy atom. The van der Waals surface area contributed by atoms with Crippen molar-refractivity contribution >= 4 is 0 Å². The molecule has 0 saturated heterocycles. The smallest absolute Gasteiger partial charge is 0.0136 e. The zero-order chi connectivity index (χ0) is 12.8. The van der Waals surface area contributed by atoms with Crippen LogP contribution in [0, 0.1) is 6.92 Å².